The first-order valence-electron chi connectivity index (χ1n) is 3.28. The standard InChI is InChI=1S/C9H7NO2/c1-3-8(11)7-4-5-10-6-9(7)12-2/h1,4-6H,2H3. The molecule has 0 fully saturated rings. The predicted molar refractivity (Wildman–Crippen MR) is 44.0 cm³/mol. The lowest BCUT2D eigenvalue weighted by Crippen LogP contribution is -1.99. The summed E-state index contributed by atoms with van der Waals surface area (Å²) in [6.45, 7) is 0. The van der Waals surface area contributed by atoms with Crippen LogP contribution in [0.25, 0.3) is 0 Å². The second-order valence-corrected chi connectivity index (χ2v) is 2.05. The number of rotatable bonds is 2. The van der Waals surface area contributed by atoms with Gasteiger partial charge in [-0.15, -0.1) is 6.42 Å². The van der Waals surface area contributed by atoms with Gasteiger partial charge < -0.3 is 4.74 Å². The monoisotopic (exact) mass is 161 g/mol. The van der Waals surface area contributed by atoms with Crippen molar-refractivity contribution in [2.75, 3.05) is 7.11 Å². The van der Waals surface area contributed by atoms with Crippen LogP contribution in [0.1, 0.15) is 10.4 Å². The smallest absolute Gasteiger partial charge is 0.239 e. The number of ketones is 1. The van der Waals surface area contributed by atoms with Crippen LogP contribution in [0.3, 0.4) is 0 Å². The highest BCUT2D eigenvalue weighted by Gasteiger charge is 2.07. The van der Waals surface area contributed by atoms with E-state index in [9.17, 15) is 4.79 Å². The summed E-state index contributed by atoms with van der Waals surface area (Å²) in [7, 11) is 1.46. The second-order valence-electron chi connectivity index (χ2n) is 2.05. The van der Waals surface area contributed by atoms with E-state index in [1.807, 2.05) is 5.92 Å². The van der Waals surface area contributed by atoms with Gasteiger partial charge in [-0.25, -0.2) is 0 Å². The van der Waals surface area contributed by atoms with Gasteiger partial charge in [0.15, 0.2) is 0 Å². The number of nitrogens with zero attached hydrogens (tertiary/aromatic N) is 1. The second kappa shape index (κ2) is 3.54. The van der Waals surface area contributed by atoms with Crippen LogP contribution >= 0.6 is 0 Å². The number of ether oxygens (including phenoxy) is 1. The van der Waals surface area contributed by atoms with Gasteiger partial charge in [0.05, 0.1) is 18.9 Å². The Bertz CT molecular complexity index is 339. The van der Waals surface area contributed by atoms with Crippen LogP contribution in [0.2, 0.25) is 0 Å². The van der Waals surface area contributed by atoms with Crippen molar-refractivity contribution in [1.82, 2.24) is 4.98 Å². The summed E-state index contributed by atoms with van der Waals surface area (Å²) in [5.41, 5.74) is 0.370. The minimum absolute atomic E-state index is 0.370. The minimum atomic E-state index is -0.394. The Balaban J connectivity index is 3.15. The number of methoxy groups -OCH3 is 1. The lowest BCUT2D eigenvalue weighted by Gasteiger charge is -2.01. The zero-order chi connectivity index (χ0) is 8.97. The molecule has 0 amide bonds. The molecule has 0 spiro atoms. The predicted octanol–water partition coefficient (Wildman–Crippen LogP) is 0.906. The summed E-state index contributed by atoms with van der Waals surface area (Å²) in [4.78, 5) is 14.8. The molecule has 0 N–H and O–H groups in total. The number of Topliss-reactive ketones (excluding diaryl/α,β-unsaturated/α-hetero) is 1. The van der Waals surface area contributed by atoms with Crippen LogP contribution < -0.4 is 4.74 Å². The molecular formula is C9H7NO2. The van der Waals surface area contributed by atoms with Crippen LogP contribution in [0.15, 0.2) is 18.5 Å². The third kappa shape index (κ3) is 1.43. The van der Waals surface area contributed by atoms with Crippen LogP contribution in [-0.4, -0.2) is 17.9 Å². The molecule has 1 rings (SSSR count). The molecule has 3 heteroatoms. The molecule has 0 radical (unpaired) electrons. The molecule has 1 aromatic rings. The molecule has 0 aromatic carbocycles. The lowest BCUT2D eigenvalue weighted by atomic mass is 10.2. The van der Waals surface area contributed by atoms with E-state index >= 15 is 0 Å². The van der Waals surface area contributed by atoms with Crippen molar-refractivity contribution in [2.24, 2.45) is 0 Å². The van der Waals surface area contributed by atoms with E-state index in [1.54, 1.807) is 0 Å². The minimum Gasteiger partial charge on any atom is -0.494 e. The van der Waals surface area contributed by atoms with E-state index in [-0.39, 0.29) is 0 Å². The molecule has 1 heterocycles. The van der Waals surface area contributed by atoms with Crippen LogP contribution in [-0.2, 0) is 0 Å². The molecule has 1 aromatic heterocycles. The molecule has 0 saturated carbocycles. The van der Waals surface area contributed by atoms with Crippen LogP contribution in [0.4, 0.5) is 0 Å². The number of hydrogen-bond acceptors (Lipinski definition) is 3. The normalized spacial score (nSPS) is 8.67. The summed E-state index contributed by atoms with van der Waals surface area (Å²) in [5.74, 6) is 2.02. The number of hydrogen-bond donors (Lipinski definition) is 0. The van der Waals surface area contributed by atoms with Crippen molar-refractivity contribution >= 4 is 5.78 Å². The molecule has 0 bridgehead atoms. The van der Waals surface area contributed by atoms with E-state index in [2.05, 4.69) is 4.98 Å². The first kappa shape index (κ1) is 8.28. The number of aromatic nitrogens is 1. The van der Waals surface area contributed by atoms with Crippen molar-refractivity contribution in [3.63, 3.8) is 0 Å². The number of carbonyl (C=O) groups excluding carboxylic acids is 1. The summed E-state index contributed by atoms with van der Waals surface area (Å²) in [6, 6.07) is 1.53. The SMILES string of the molecule is C#CC(=O)c1ccncc1OC. The molecule has 60 valence electrons. The van der Waals surface area contributed by atoms with E-state index < -0.39 is 5.78 Å². The molecule has 0 aliphatic carbocycles. The Hall–Kier alpha value is -1.82. The zero-order valence-corrected chi connectivity index (χ0v) is 6.57. The molecule has 0 saturated heterocycles. The molecule has 0 aliphatic rings. The fourth-order valence-electron chi connectivity index (χ4n) is 0.808. The van der Waals surface area contributed by atoms with Gasteiger partial charge in [-0.2, -0.15) is 0 Å². The average Bonchev–Trinajstić information content (AvgIpc) is 2.16. The number of carbonyl (C=O) groups is 1. The maximum atomic E-state index is 11.0. The Morgan fingerprint density at radius 3 is 3.08 bits per heavy atom. The van der Waals surface area contributed by atoms with Crippen molar-refractivity contribution in [2.45, 2.75) is 0 Å². The fourth-order valence-corrected chi connectivity index (χ4v) is 0.808. The Labute approximate surface area is 70.4 Å². The van der Waals surface area contributed by atoms with Gasteiger partial charge >= 0.3 is 0 Å². The third-order valence-corrected chi connectivity index (χ3v) is 1.38. The zero-order valence-electron chi connectivity index (χ0n) is 6.57. The van der Waals surface area contributed by atoms with Crippen LogP contribution in [0.5, 0.6) is 5.75 Å². The molecule has 3 nitrogen and oxygen atoms in total. The third-order valence-electron chi connectivity index (χ3n) is 1.38. The lowest BCUT2D eigenvalue weighted by molar-refractivity contribution is 0.105. The van der Waals surface area contributed by atoms with Gasteiger partial charge in [0.1, 0.15) is 5.75 Å². The quantitative estimate of drug-likeness (QED) is 0.367. The van der Waals surface area contributed by atoms with E-state index in [0.29, 0.717) is 11.3 Å². The highest BCUT2D eigenvalue weighted by molar-refractivity contribution is 6.10. The van der Waals surface area contributed by atoms with Gasteiger partial charge in [-0.1, -0.05) is 0 Å². The summed E-state index contributed by atoms with van der Waals surface area (Å²) in [5, 5.41) is 0. The maximum Gasteiger partial charge on any atom is 0.239 e. The number of terminal acetylenes is 1. The van der Waals surface area contributed by atoms with Gasteiger partial charge in [0.25, 0.3) is 0 Å². The van der Waals surface area contributed by atoms with Crippen molar-refractivity contribution in [3.8, 4) is 18.1 Å². The van der Waals surface area contributed by atoms with Crippen molar-refractivity contribution < 1.29 is 9.53 Å². The van der Waals surface area contributed by atoms with Gasteiger partial charge in [0.2, 0.25) is 5.78 Å². The topological polar surface area (TPSA) is 39.2 Å². The molecule has 12 heavy (non-hydrogen) atoms. The van der Waals surface area contributed by atoms with E-state index in [1.165, 1.54) is 25.6 Å². The van der Waals surface area contributed by atoms with Crippen molar-refractivity contribution in [3.05, 3.63) is 24.0 Å². The van der Waals surface area contributed by atoms with Gasteiger partial charge in [-0.3, -0.25) is 9.78 Å². The Morgan fingerprint density at radius 2 is 2.50 bits per heavy atom. The number of pyridine rings is 1. The van der Waals surface area contributed by atoms with E-state index in [4.69, 9.17) is 11.2 Å². The molecule has 0 unspecified atom stereocenters. The Kier molecular flexibility index (Phi) is 2.44. The van der Waals surface area contributed by atoms with Gasteiger partial charge in [-0.05, 0) is 12.0 Å². The summed E-state index contributed by atoms with van der Waals surface area (Å²) < 4.78 is 4.89. The highest BCUT2D eigenvalue weighted by Crippen LogP contribution is 2.15. The largest absolute Gasteiger partial charge is 0.494 e. The van der Waals surface area contributed by atoms with Gasteiger partial charge in [0, 0.05) is 6.20 Å². The fraction of sp³-hybridized carbons (Fsp3) is 0.111. The first-order valence-corrected chi connectivity index (χ1v) is 3.28. The van der Waals surface area contributed by atoms with Crippen LogP contribution in [0, 0.1) is 12.3 Å². The molecule has 0 aliphatic heterocycles. The molecule has 0 atom stereocenters. The van der Waals surface area contributed by atoms with Crippen molar-refractivity contribution in [1.29, 1.82) is 0 Å². The Morgan fingerprint density at radius 1 is 1.75 bits per heavy atom. The maximum absolute atomic E-state index is 11.0. The summed E-state index contributed by atoms with van der Waals surface area (Å²) >= 11 is 0. The van der Waals surface area contributed by atoms with E-state index in [0.717, 1.165) is 0 Å². The molecular weight excluding hydrogens is 154 g/mol. The first-order chi connectivity index (χ1) is 5.79. The summed E-state index contributed by atoms with van der Waals surface area (Å²) in [6.07, 6.45) is 7.89. The average molecular weight is 161 g/mol. The highest BCUT2D eigenvalue weighted by atomic mass is 16.5.